The highest BCUT2D eigenvalue weighted by Gasteiger charge is 2.25. The van der Waals surface area contributed by atoms with Crippen molar-refractivity contribution < 1.29 is 13.2 Å². The molecule has 0 aliphatic rings. The molecule has 1 rings (SSSR count). The SMILES string of the molecule is CNC(=O)c1ccc(CN(C)[C@@H](C)[C@@H](C)S(C)(=O)=O)cc1. The summed E-state index contributed by atoms with van der Waals surface area (Å²) in [7, 11) is 0.442. The van der Waals surface area contributed by atoms with E-state index < -0.39 is 15.1 Å². The Kier molecular flexibility index (Phi) is 5.92. The molecule has 0 aliphatic carbocycles. The van der Waals surface area contributed by atoms with Crippen LogP contribution < -0.4 is 5.32 Å². The number of benzene rings is 1. The molecule has 1 aromatic carbocycles. The first kappa shape index (κ1) is 17.7. The van der Waals surface area contributed by atoms with E-state index in [0.717, 1.165) is 5.56 Å². The summed E-state index contributed by atoms with van der Waals surface area (Å²) in [6, 6.07) is 7.23. The van der Waals surface area contributed by atoms with E-state index >= 15 is 0 Å². The summed E-state index contributed by atoms with van der Waals surface area (Å²) in [6.45, 7) is 4.27. The number of carbonyl (C=O) groups is 1. The van der Waals surface area contributed by atoms with Crippen LogP contribution in [-0.2, 0) is 16.4 Å². The molecule has 0 bridgehead atoms. The van der Waals surface area contributed by atoms with Gasteiger partial charge in [-0.05, 0) is 38.6 Å². The van der Waals surface area contributed by atoms with Crippen LogP contribution in [0.5, 0.6) is 0 Å². The summed E-state index contributed by atoms with van der Waals surface area (Å²) in [5, 5.41) is 2.15. The summed E-state index contributed by atoms with van der Waals surface area (Å²) in [5.41, 5.74) is 1.65. The highest BCUT2D eigenvalue weighted by Crippen LogP contribution is 2.14. The van der Waals surface area contributed by atoms with E-state index in [2.05, 4.69) is 5.32 Å². The lowest BCUT2D eigenvalue weighted by molar-refractivity contribution is 0.0963. The van der Waals surface area contributed by atoms with Crippen LogP contribution in [0.3, 0.4) is 0 Å². The average Bonchev–Trinajstić information content (AvgIpc) is 2.44. The van der Waals surface area contributed by atoms with E-state index in [1.165, 1.54) is 6.26 Å². The second-order valence-corrected chi connectivity index (χ2v) is 7.87. The van der Waals surface area contributed by atoms with Gasteiger partial charge in [0.25, 0.3) is 5.91 Å². The van der Waals surface area contributed by atoms with Crippen molar-refractivity contribution in [2.24, 2.45) is 0 Å². The van der Waals surface area contributed by atoms with Gasteiger partial charge in [0.15, 0.2) is 9.84 Å². The quantitative estimate of drug-likeness (QED) is 0.860. The third kappa shape index (κ3) is 4.82. The first-order valence-corrected chi connectivity index (χ1v) is 8.82. The Bertz CT molecular complexity index is 581. The normalized spacial score (nSPS) is 14.8. The Hall–Kier alpha value is -1.40. The number of hydrogen-bond acceptors (Lipinski definition) is 4. The summed E-state index contributed by atoms with van der Waals surface area (Å²) in [5.74, 6) is -0.117. The van der Waals surface area contributed by atoms with Crippen LogP contribution in [0, 0.1) is 0 Å². The van der Waals surface area contributed by atoms with Crippen molar-refractivity contribution in [2.75, 3.05) is 20.4 Å². The number of sulfone groups is 1. The van der Waals surface area contributed by atoms with Gasteiger partial charge < -0.3 is 5.32 Å². The molecule has 1 N–H and O–H groups in total. The molecule has 0 aromatic heterocycles. The maximum atomic E-state index is 11.6. The molecular weight excluding hydrogens is 288 g/mol. The zero-order chi connectivity index (χ0) is 16.2. The maximum Gasteiger partial charge on any atom is 0.251 e. The van der Waals surface area contributed by atoms with E-state index in [1.807, 2.05) is 31.0 Å². The standard InChI is InChI=1S/C15H24N2O3S/c1-11(12(2)21(5,19)20)17(4)10-13-6-8-14(9-7-13)15(18)16-3/h6-9,11-12H,10H2,1-5H3,(H,16,18)/t11-,12+/m0/s1. The number of nitrogens with zero attached hydrogens (tertiary/aromatic N) is 1. The third-order valence-electron chi connectivity index (χ3n) is 3.93. The second kappa shape index (κ2) is 7.04. The van der Waals surface area contributed by atoms with Gasteiger partial charge in [0.05, 0.1) is 5.25 Å². The zero-order valence-corrected chi connectivity index (χ0v) is 14.1. The first-order valence-electron chi connectivity index (χ1n) is 6.87. The fourth-order valence-electron chi connectivity index (χ4n) is 2.05. The summed E-state index contributed by atoms with van der Waals surface area (Å²) < 4.78 is 23.2. The van der Waals surface area contributed by atoms with Crippen LogP contribution in [-0.4, -0.2) is 50.9 Å². The molecule has 21 heavy (non-hydrogen) atoms. The van der Waals surface area contributed by atoms with Gasteiger partial charge in [0.2, 0.25) is 0 Å². The van der Waals surface area contributed by atoms with Crippen LogP contribution >= 0.6 is 0 Å². The Balaban J connectivity index is 2.75. The Morgan fingerprint density at radius 2 is 1.76 bits per heavy atom. The monoisotopic (exact) mass is 312 g/mol. The molecular formula is C15H24N2O3S. The summed E-state index contributed by atoms with van der Waals surface area (Å²) in [4.78, 5) is 13.5. The minimum absolute atomic E-state index is 0.0846. The lowest BCUT2D eigenvalue weighted by Crippen LogP contribution is -2.40. The van der Waals surface area contributed by atoms with Gasteiger partial charge in [0.1, 0.15) is 0 Å². The van der Waals surface area contributed by atoms with E-state index in [9.17, 15) is 13.2 Å². The van der Waals surface area contributed by atoms with Crippen molar-refractivity contribution in [1.29, 1.82) is 0 Å². The van der Waals surface area contributed by atoms with Gasteiger partial charge in [-0.3, -0.25) is 9.69 Å². The Labute approximate surface area is 127 Å². The molecule has 2 atom stereocenters. The van der Waals surface area contributed by atoms with E-state index in [4.69, 9.17) is 0 Å². The van der Waals surface area contributed by atoms with E-state index in [0.29, 0.717) is 12.1 Å². The van der Waals surface area contributed by atoms with Crippen LogP contribution in [0.15, 0.2) is 24.3 Å². The van der Waals surface area contributed by atoms with Crippen molar-refractivity contribution in [1.82, 2.24) is 10.2 Å². The predicted octanol–water partition coefficient (Wildman–Crippen LogP) is 1.30. The van der Waals surface area contributed by atoms with Crippen LogP contribution in [0.4, 0.5) is 0 Å². The highest BCUT2D eigenvalue weighted by molar-refractivity contribution is 7.91. The lowest BCUT2D eigenvalue weighted by Gasteiger charge is -2.28. The average molecular weight is 312 g/mol. The Morgan fingerprint density at radius 1 is 1.24 bits per heavy atom. The lowest BCUT2D eigenvalue weighted by atomic mass is 10.1. The number of rotatable bonds is 6. The molecule has 5 nitrogen and oxygen atoms in total. The molecule has 6 heteroatoms. The minimum Gasteiger partial charge on any atom is -0.355 e. The van der Waals surface area contributed by atoms with Crippen LogP contribution in [0.25, 0.3) is 0 Å². The van der Waals surface area contributed by atoms with Crippen molar-refractivity contribution >= 4 is 15.7 Å². The van der Waals surface area contributed by atoms with Crippen LogP contribution in [0.1, 0.15) is 29.8 Å². The molecule has 0 saturated carbocycles. The maximum absolute atomic E-state index is 11.6. The molecule has 1 amide bonds. The molecule has 0 fully saturated rings. The molecule has 0 saturated heterocycles. The van der Waals surface area contributed by atoms with Crippen molar-refractivity contribution in [2.45, 2.75) is 31.7 Å². The van der Waals surface area contributed by atoms with Gasteiger partial charge in [-0.1, -0.05) is 12.1 Å². The van der Waals surface area contributed by atoms with Gasteiger partial charge in [0, 0.05) is 31.5 Å². The van der Waals surface area contributed by atoms with E-state index in [-0.39, 0.29) is 11.9 Å². The fourth-order valence-corrected chi connectivity index (χ4v) is 2.98. The molecule has 0 spiro atoms. The van der Waals surface area contributed by atoms with Crippen molar-refractivity contribution in [3.63, 3.8) is 0 Å². The van der Waals surface area contributed by atoms with Gasteiger partial charge >= 0.3 is 0 Å². The molecule has 0 heterocycles. The molecule has 1 aromatic rings. The summed E-state index contributed by atoms with van der Waals surface area (Å²) in [6.07, 6.45) is 1.26. The van der Waals surface area contributed by atoms with Crippen LogP contribution in [0.2, 0.25) is 0 Å². The molecule has 0 radical (unpaired) electrons. The molecule has 0 unspecified atom stereocenters. The number of carbonyl (C=O) groups excluding carboxylic acids is 1. The van der Waals surface area contributed by atoms with Crippen molar-refractivity contribution in [3.05, 3.63) is 35.4 Å². The summed E-state index contributed by atoms with van der Waals surface area (Å²) >= 11 is 0. The molecule has 118 valence electrons. The fraction of sp³-hybridized carbons (Fsp3) is 0.533. The number of nitrogens with one attached hydrogen (secondary N) is 1. The molecule has 0 aliphatic heterocycles. The van der Waals surface area contributed by atoms with Gasteiger partial charge in [-0.25, -0.2) is 8.42 Å². The Morgan fingerprint density at radius 3 is 2.19 bits per heavy atom. The van der Waals surface area contributed by atoms with E-state index in [1.54, 1.807) is 26.1 Å². The largest absolute Gasteiger partial charge is 0.355 e. The van der Waals surface area contributed by atoms with Gasteiger partial charge in [-0.15, -0.1) is 0 Å². The second-order valence-electron chi connectivity index (χ2n) is 5.47. The van der Waals surface area contributed by atoms with Gasteiger partial charge in [-0.2, -0.15) is 0 Å². The number of hydrogen-bond donors (Lipinski definition) is 1. The third-order valence-corrected chi connectivity index (χ3v) is 5.67. The topological polar surface area (TPSA) is 66.5 Å². The minimum atomic E-state index is -3.06. The predicted molar refractivity (Wildman–Crippen MR) is 85.1 cm³/mol. The number of amides is 1. The zero-order valence-electron chi connectivity index (χ0n) is 13.3. The smallest absolute Gasteiger partial charge is 0.251 e. The highest BCUT2D eigenvalue weighted by atomic mass is 32.2. The first-order chi connectivity index (χ1) is 9.66. The van der Waals surface area contributed by atoms with Crippen molar-refractivity contribution in [3.8, 4) is 0 Å².